The van der Waals surface area contributed by atoms with Gasteiger partial charge in [0.15, 0.2) is 0 Å². The molecule has 0 unspecified atom stereocenters. The molecular formula is C6H13LiO3S. The van der Waals surface area contributed by atoms with Crippen LogP contribution in [0.1, 0.15) is 26.7 Å². The molecule has 0 amide bonds. The molecule has 0 fully saturated rings. The maximum absolute atomic E-state index is 9.82. The molecule has 0 aromatic carbocycles. The molecular weight excluding hydrogens is 159 g/mol. The Morgan fingerprint density at radius 2 is 1.91 bits per heavy atom. The Kier molecular flexibility index (Phi) is 11.0. The van der Waals surface area contributed by atoms with Crippen LogP contribution >= 0.6 is 0 Å². The second-order valence-corrected chi connectivity index (χ2v) is 3.21. The number of rotatable bonds is 5. The van der Waals surface area contributed by atoms with Crippen molar-refractivity contribution in [3.8, 4) is 0 Å². The van der Waals surface area contributed by atoms with Crippen LogP contribution in [-0.2, 0) is 23.6 Å². The van der Waals surface area contributed by atoms with Crippen molar-refractivity contribution < 1.29 is 31.5 Å². The van der Waals surface area contributed by atoms with Gasteiger partial charge in [0.05, 0.1) is 11.0 Å². The molecule has 0 atom stereocenters. The largest absolute Gasteiger partial charge is 1.00 e. The van der Waals surface area contributed by atoms with E-state index in [1.54, 1.807) is 0 Å². The SMILES string of the molecule is CC(C)CCCO[S-](=O)=O.[Li+]. The molecule has 0 rings (SSSR count). The smallest absolute Gasteiger partial charge is 0.424 e. The molecule has 5 heteroatoms. The summed E-state index contributed by atoms with van der Waals surface area (Å²) in [5.41, 5.74) is 0. The molecule has 62 valence electrons. The Balaban J connectivity index is 0. The predicted molar refractivity (Wildman–Crippen MR) is 38.8 cm³/mol. The first-order chi connectivity index (χ1) is 4.63. The van der Waals surface area contributed by atoms with Gasteiger partial charge in [-0.1, -0.05) is 13.8 Å². The molecule has 0 spiro atoms. The molecule has 11 heavy (non-hydrogen) atoms. The zero-order chi connectivity index (χ0) is 7.98. The van der Waals surface area contributed by atoms with Crippen LogP contribution in [0.15, 0.2) is 0 Å². The van der Waals surface area contributed by atoms with E-state index in [0.717, 1.165) is 12.8 Å². The normalized spacial score (nSPS) is 10.2. The third kappa shape index (κ3) is 13.5. The van der Waals surface area contributed by atoms with Crippen molar-refractivity contribution in [2.45, 2.75) is 26.7 Å². The summed E-state index contributed by atoms with van der Waals surface area (Å²) in [5, 5.41) is 0. The van der Waals surface area contributed by atoms with Gasteiger partial charge in [0.2, 0.25) is 0 Å². The monoisotopic (exact) mass is 172 g/mol. The molecule has 0 bridgehead atoms. The molecule has 0 aromatic heterocycles. The van der Waals surface area contributed by atoms with E-state index in [2.05, 4.69) is 18.0 Å². The van der Waals surface area contributed by atoms with Gasteiger partial charge in [-0.3, -0.25) is 0 Å². The summed E-state index contributed by atoms with van der Waals surface area (Å²) in [7, 11) is -2.33. The van der Waals surface area contributed by atoms with Crippen molar-refractivity contribution in [3.63, 3.8) is 0 Å². The van der Waals surface area contributed by atoms with Crippen molar-refractivity contribution in [3.05, 3.63) is 0 Å². The number of hydrogen-bond acceptors (Lipinski definition) is 4. The minimum absolute atomic E-state index is 0. The Morgan fingerprint density at radius 3 is 2.27 bits per heavy atom. The van der Waals surface area contributed by atoms with E-state index < -0.39 is 11.0 Å². The van der Waals surface area contributed by atoms with Gasteiger partial charge in [0, 0.05) is 6.61 Å². The van der Waals surface area contributed by atoms with Gasteiger partial charge < -0.3 is 12.6 Å². The summed E-state index contributed by atoms with van der Waals surface area (Å²) in [6.07, 6.45) is 1.82. The summed E-state index contributed by atoms with van der Waals surface area (Å²) >= 11 is 0. The second kappa shape index (κ2) is 8.60. The summed E-state index contributed by atoms with van der Waals surface area (Å²) in [6.45, 7) is 4.50. The van der Waals surface area contributed by atoms with Crippen molar-refractivity contribution >= 4 is 11.0 Å². The van der Waals surface area contributed by atoms with Crippen molar-refractivity contribution in [1.82, 2.24) is 0 Å². The fourth-order valence-electron chi connectivity index (χ4n) is 0.619. The Morgan fingerprint density at radius 1 is 1.36 bits per heavy atom. The van der Waals surface area contributed by atoms with E-state index in [9.17, 15) is 8.42 Å². The van der Waals surface area contributed by atoms with Crippen LogP contribution in [-0.4, -0.2) is 6.61 Å². The quantitative estimate of drug-likeness (QED) is 0.293. The fourth-order valence-corrected chi connectivity index (χ4v) is 0.872. The van der Waals surface area contributed by atoms with E-state index in [0.29, 0.717) is 12.5 Å². The Bertz CT molecular complexity index is 137. The molecule has 0 radical (unpaired) electrons. The molecule has 0 saturated heterocycles. The first-order valence-corrected chi connectivity index (χ1v) is 4.35. The zero-order valence-corrected chi connectivity index (χ0v) is 8.15. The van der Waals surface area contributed by atoms with Crippen LogP contribution in [0, 0.1) is 5.92 Å². The molecule has 0 aliphatic heterocycles. The van der Waals surface area contributed by atoms with Crippen LogP contribution < -0.4 is 18.9 Å². The third-order valence-electron chi connectivity index (χ3n) is 1.11. The summed E-state index contributed by atoms with van der Waals surface area (Å²) in [5.74, 6) is 0.615. The van der Waals surface area contributed by atoms with E-state index in [4.69, 9.17) is 0 Å². The molecule has 0 aliphatic carbocycles. The second-order valence-electron chi connectivity index (χ2n) is 2.56. The van der Waals surface area contributed by atoms with Crippen LogP contribution in [0.25, 0.3) is 0 Å². The zero-order valence-electron chi connectivity index (χ0n) is 7.33. The minimum Gasteiger partial charge on any atom is -0.424 e. The third-order valence-corrected chi connectivity index (χ3v) is 1.46. The van der Waals surface area contributed by atoms with Gasteiger partial charge >= 0.3 is 18.9 Å². The van der Waals surface area contributed by atoms with E-state index in [1.807, 2.05) is 0 Å². The van der Waals surface area contributed by atoms with E-state index in [-0.39, 0.29) is 18.9 Å². The van der Waals surface area contributed by atoms with Gasteiger partial charge in [-0.05, 0) is 18.8 Å². The van der Waals surface area contributed by atoms with Crippen LogP contribution in [0.5, 0.6) is 0 Å². The van der Waals surface area contributed by atoms with Crippen LogP contribution in [0.2, 0.25) is 0 Å². The van der Waals surface area contributed by atoms with E-state index in [1.165, 1.54) is 0 Å². The molecule has 0 saturated carbocycles. The fraction of sp³-hybridized carbons (Fsp3) is 1.00. The predicted octanol–water partition coefficient (Wildman–Crippen LogP) is -1.33. The van der Waals surface area contributed by atoms with E-state index >= 15 is 0 Å². The molecule has 0 heterocycles. The molecule has 0 aromatic rings. The van der Waals surface area contributed by atoms with Crippen LogP contribution in [0.3, 0.4) is 0 Å². The summed E-state index contributed by atoms with van der Waals surface area (Å²) < 4.78 is 24.0. The Hall–Kier alpha value is 0.507. The van der Waals surface area contributed by atoms with Gasteiger partial charge in [-0.2, -0.15) is 0 Å². The van der Waals surface area contributed by atoms with Gasteiger partial charge in [0.25, 0.3) is 0 Å². The minimum atomic E-state index is -2.33. The maximum Gasteiger partial charge on any atom is 1.00 e. The molecule has 3 nitrogen and oxygen atoms in total. The van der Waals surface area contributed by atoms with Crippen LogP contribution in [0.4, 0.5) is 0 Å². The number of hydrogen-bond donors (Lipinski definition) is 0. The van der Waals surface area contributed by atoms with Gasteiger partial charge in [-0.15, -0.1) is 0 Å². The van der Waals surface area contributed by atoms with Crippen molar-refractivity contribution in [2.24, 2.45) is 5.92 Å². The molecule has 0 N–H and O–H groups in total. The standard InChI is InChI=1S/C6H13O3S.Li/c1-6(2)4-3-5-9-10(7)8;/h6H,3-5H2,1-2H3;/q-1;+1. The maximum atomic E-state index is 9.82. The summed E-state index contributed by atoms with van der Waals surface area (Å²) in [4.78, 5) is 0. The van der Waals surface area contributed by atoms with Crippen molar-refractivity contribution in [2.75, 3.05) is 6.61 Å². The summed E-state index contributed by atoms with van der Waals surface area (Å²) in [6, 6.07) is 0. The topological polar surface area (TPSA) is 43.4 Å². The Labute approximate surface area is 81.8 Å². The average Bonchev–Trinajstić information content (AvgIpc) is 1.79. The molecule has 0 aliphatic rings. The van der Waals surface area contributed by atoms with Crippen molar-refractivity contribution in [1.29, 1.82) is 0 Å². The first kappa shape index (κ1) is 14.1. The van der Waals surface area contributed by atoms with Gasteiger partial charge in [-0.25, -0.2) is 0 Å². The first-order valence-electron chi connectivity index (χ1n) is 3.35. The average molecular weight is 172 g/mol. The van der Waals surface area contributed by atoms with Gasteiger partial charge in [0.1, 0.15) is 0 Å².